The first kappa shape index (κ1) is 37.1. The number of sulfone groups is 1. The van der Waals surface area contributed by atoms with Gasteiger partial charge in [-0.15, -0.1) is 11.3 Å². The topological polar surface area (TPSA) is 235 Å². The number of nitrogens with one attached hydrogen (secondary N) is 2. The maximum absolute atomic E-state index is 13.0. The maximum Gasteiger partial charge on any atom is 0.347 e. The van der Waals surface area contributed by atoms with Crippen molar-refractivity contribution in [3.63, 3.8) is 0 Å². The van der Waals surface area contributed by atoms with Crippen LogP contribution in [0.1, 0.15) is 66.5 Å². The molecule has 0 saturated carbocycles. The van der Waals surface area contributed by atoms with Crippen LogP contribution in [-0.4, -0.2) is 94.0 Å². The van der Waals surface area contributed by atoms with Crippen LogP contribution in [0.3, 0.4) is 0 Å². The van der Waals surface area contributed by atoms with Gasteiger partial charge in [-0.25, -0.2) is 40.7 Å². The fourth-order valence-corrected chi connectivity index (χ4v) is 8.76. The highest BCUT2D eigenvalue weighted by atomic mass is 32.3. The molecule has 7 atom stereocenters. The zero-order chi connectivity index (χ0) is 33.7. The number of carbonyl (C=O) groups excluding carboxylic acids is 5. The van der Waals surface area contributed by atoms with E-state index in [-0.39, 0.29) is 16.2 Å². The number of esters is 4. The van der Waals surface area contributed by atoms with E-state index in [1.165, 1.54) is 13.0 Å². The predicted molar refractivity (Wildman–Crippen MR) is 151 cm³/mol. The third-order valence-corrected chi connectivity index (χ3v) is 12.0. The van der Waals surface area contributed by atoms with Crippen LogP contribution in [0.2, 0.25) is 0 Å². The summed E-state index contributed by atoms with van der Waals surface area (Å²) in [6.07, 6.45) is -7.60. The van der Waals surface area contributed by atoms with Gasteiger partial charge in [-0.2, -0.15) is 0 Å². The first-order valence-corrected chi connectivity index (χ1v) is 17.2. The number of fused-ring (bicyclic) bond motifs is 1. The summed E-state index contributed by atoms with van der Waals surface area (Å²) in [5.41, 5.74) is 0.285. The predicted octanol–water partition coefficient (Wildman–Crippen LogP) is -0.123. The highest BCUT2D eigenvalue weighted by molar-refractivity contribution is 7.95. The normalized spacial score (nSPS) is 20.9. The smallest absolute Gasteiger partial charge is 0.347 e. The Morgan fingerprint density at radius 2 is 1.36 bits per heavy atom. The van der Waals surface area contributed by atoms with Crippen molar-refractivity contribution in [1.29, 1.82) is 0 Å². The molecule has 0 saturated heterocycles. The zero-order valence-electron chi connectivity index (χ0n) is 25.0. The molecule has 0 bridgehead atoms. The lowest BCUT2D eigenvalue weighted by Gasteiger charge is -2.27. The monoisotopic (exact) mass is 684 g/mol. The van der Waals surface area contributed by atoms with Gasteiger partial charge in [0.05, 0.1) is 5.25 Å². The van der Waals surface area contributed by atoms with Gasteiger partial charge < -0.3 is 29.4 Å². The van der Waals surface area contributed by atoms with E-state index in [0.717, 1.165) is 34.6 Å². The van der Waals surface area contributed by atoms with Gasteiger partial charge in [-0.1, -0.05) is 6.92 Å². The highest BCUT2D eigenvalue weighted by Gasteiger charge is 2.40. The number of amides is 1. The Hall–Kier alpha value is -3.13. The summed E-state index contributed by atoms with van der Waals surface area (Å²) in [4.78, 5) is 60.7. The van der Waals surface area contributed by atoms with Gasteiger partial charge in [-0.05, 0) is 60.6 Å². The van der Waals surface area contributed by atoms with E-state index in [1.807, 2.05) is 6.92 Å². The van der Waals surface area contributed by atoms with Crippen molar-refractivity contribution in [3.8, 4) is 0 Å². The number of thiophene rings is 1. The number of ether oxygens (including phenoxy) is 4. The average Bonchev–Trinajstić information content (AvgIpc) is 3.39. The van der Waals surface area contributed by atoms with E-state index >= 15 is 0 Å². The number of rotatable bonds is 13. The molecule has 0 aliphatic carbocycles. The largest absolute Gasteiger partial charge is 0.450 e. The van der Waals surface area contributed by atoms with Gasteiger partial charge >= 0.3 is 23.9 Å². The third kappa shape index (κ3) is 8.96. The van der Waals surface area contributed by atoms with E-state index in [1.54, 1.807) is 4.72 Å². The van der Waals surface area contributed by atoms with Crippen LogP contribution >= 0.6 is 11.3 Å². The Labute approximate surface area is 258 Å². The molecule has 3 N–H and O–H groups in total. The summed E-state index contributed by atoms with van der Waals surface area (Å²) in [7, 11) is -8.35. The molecular weight excluding hydrogens is 648 g/mol. The number of sulfonamides is 1. The summed E-state index contributed by atoms with van der Waals surface area (Å²) < 4.78 is 72.1. The summed E-state index contributed by atoms with van der Waals surface area (Å²) in [6.45, 7) is 9.37. The van der Waals surface area contributed by atoms with E-state index in [2.05, 4.69) is 10.1 Å². The quantitative estimate of drug-likeness (QED) is 0.181. The molecule has 1 aliphatic rings. The lowest BCUT2D eigenvalue weighted by atomic mass is 10.1. The Morgan fingerprint density at radius 1 is 0.909 bits per heavy atom. The van der Waals surface area contributed by atoms with Gasteiger partial charge in [-0.3, -0.25) is 4.79 Å². The lowest BCUT2D eigenvalue weighted by molar-refractivity contribution is -0.184. The molecule has 2 heterocycles. The molecule has 0 fully saturated rings. The van der Waals surface area contributed by atoms with Crippen LogP contribution in [0.25, 0.3) is 0 Å². The van der Waals surface area contributed by atoms with Crippen molar-refractivity contribution in [3.05, 3.63) is 11.6 Å². The van der Waals surface area contributed by atoms with E-state index < -0.39 is 95.7 Å². The molecular formula is C25H36N2O14S3. The molecule has 0 radical (unpaired) electrons. The van der Waals surface area contributed by atoms with Crippen LogP contribution in [0.15, 0.2) is 14.5 Å². The second-order valence-electron chi connectivity index (χ2n) is 9.97. The molecule has 0 spiro atoms. The molecule has 2 rings (SSSR count). The summed E-state index contributed by atoms with van der Waals surface area (Å²) in [6, 6.07) is 0.784. The van der Waals surface area contributed by atoms with E-state index in [9.17, 15) is 40.8 Å². The molecule has 19 heteroatoms. The SMILES string of the molecule is CCN[C@H]1C[C@H](C)S(=O)(=O)c2sc(S(=O)(=O)NC(=O)[C@H](C)OC(=O)[C@H](C)OC(=O)[C@H](C)OC(=O)[C@H](C)OC(=O)[C@H](C)O)cc21. The Morgan fingerprint density at radius 3 is 1.82 bits per heavy atom. The summed E-state index contributed by atoms with van der Waals surface area (Å²) in [5, 5.41) is 11.5. The third-order valence-electron chi connectivity index (χ3n) is 6.26. The first-order chi connectivity index (χ1) is 20.2. The average molecular weight is 685 g/mol. The molecule has 0 unspecified atom stereocenters. The highest BCUT2D eigenvalue weighted by Crippen LogP contribution is 2.42. The van der Waals surface area contributed by atoms with Crippen LogP contribution in [0, 0.1) is 0 Å². The van der Waals surface area contributed by atoms with Gasteiger partial charge in [0, 0.05) is 11.6 Å². The number of carbonyl (C=O) groups is 5. The minimum absolute atomic E-state index is 0.111. The van der Waals surface area contributed by atoms with Gasteiger partial charge in [0.2, 0.25) is 0 Å². The van der Waals surface area contributed by atoms with E-state index in [0.29, 0.717) is 17.9 Å². The van der Waals surface area contributed by atoms with Crippen molar-refractivity contribution in [2.75, 3.05) is 6.54 Å². The number of aliphatic hydroxyl groups is 1. The number of hydrogen-bond donors (Lipinski definition) is 3. The first-order valence-electron chi connectivity index (χ1n) is 13.4. The van der Waals surface area contributed by atoms with Gasteiger partial charge in [0.15, 0.2) is 34.3 Å². The molecule has 0 aromatic carbocycles. The Balaban J connectivity index is 2.00. The number of hydrogen-bond acceptors (Lipinski definition) is 16. The molecule has 16 nitrogen and oxygen atoms in total. The van der Waals surface area contributed by atoms with Crippen LogP contribution in [0.4, 0.5) is 0 Å². The maximum atomic E-state index is 13.0. The summed E-state index contributed by atoms with van der Waals surface area (Å²) >= 11 is 0.507. The fourth-order valence-electron chi connectivity index (χ4n) is 3.72. The second-order valence-corrected chi connectivity index (χ2v) is 15.5. The van der Waals surface area contributed by atoms with Crippen molar-refractivity contribution >= 4 is 61.0 Å². The van der Waals surface area contributed by atoms with Crippen molar-refractivity contribution in [2.24, 2.45) is 0 Å². The summed E-state index contributed by atoms with van der Waals surface area (Å²) in [5.74, 6) is -5.93. The molecule has 1 amide bonds. The van der Waals surface area contributed by atoms with Crippen molar-refractivity contribution in [2.45, 2.75) is 105 Å². The van der Waals surface area contributed by atoms with E-state index in [4.69, 9.17) is 19.3 Å². The Bertz CT molecular complexity index is 1480. The van der Waals surface area contributed by atoms with Gasteiger partial charge in [0.1, 0.15) is 14.5 Å². The van der Waals surface area contributed by atoms with Gasteiger partial charge in [0.25, 0.3) is 15.9 Å². The standard InChI is InChI=1S/C25H36N2O14S3/c1-8-26-18-9-11(2)43(34,35)25-17(18)10-19(42-25)44(36,37)27-20(29)13(4)38-22(31)15(6)40-24(33)16(7)41-23(32)14(5)39-21(30)12(3)28/h10-16,18,26,28H,8-9H2,1-7H3,(H,27,29)/t11-,12-,13-,14-,15-,16-,18-/m0/s1. The lowest BCUT2D eigenvalue weighted by Crippen LogP contribution is -2.41. The number of aliphatic hydroxyl groups excluding tert-OH is 1. The minimum atomic E-state index is -4.57. The van der Waals surface area contributed by atoms with Crippen molar-refractivity contribution in [1.82, 2.24) is 10.0 Å². The molecule has 248 valence electrons. The second kappa shape index (κ2) is 14.8. The van der Waals surface area contributed by atoms with Crippen LogP contribution in [-0.2, 0) is 62.8 Å². The molecule has 1 aliphatic heterocycles. The fraction of sp³-hybridized carbons (Fsp3) is 0.640. The molecule has 1 aromatic rings. The molecule has 1 aromatic heterocycles. The minimum Gasteiger partial charge on any atom is -0.450 e. The van der Waals surface area contributed by atoms with Crippen molar-refractivity contribution < 1.29 is 64.9 Å². The zero-order valence-corrected chi connectivity index (χ0v) is 27.5. The van der Waals surface area contributed by atoms with Crippen LogP contribution < -0.4 is 10.0 Å². The van der Waals surface area contributed by atoms with Crippen LogP contribution in [0.5, 0.6) is 0 Å². The Kier molecular flexibility index (Phi) is 12.4. The molecule has 44 heavy (non-hydrogen) atoms.